The predicted octanol–water partition coefficient (Wildman–Crippen LogP) is 0.340. The van der Waals surface area contributed by atoms with Gasteiger partial charge in [0.05, 0.1) is 0 Å². The number of nitrogens with two attached hydrogens (primary N) is 2. The summed E-state index contributed by atoms with van der Waals surface area (Å²) in [7, 11) is 0. The molecule has 0 bridgehead atoms. The van der Waals surface area contributed by atoms with Crippen molar-refractivity contribution in [2.75, 3.05) is 6.54 Å². The second-order valence-corrected chi connectivity index (χ2v) is 3.71. The Morgan fingerprint density at radius 3 is 3.08 bits per heavy atom. The van der Waals surface area contributed by atoms with Crippen LogP contribution >= 0.6 is 0 Å². The van der Waals surface area contributed by atoms with Gasteiger partial charge in [0.15, 0.2) is 0 Å². The average Bonchev–Trinajstić information content (AvgIpc) is 2.27. The summed E-state index contributed by atoms with van der Waals surface area (Å²) < 4.78 is 0. The molecular formula is C10H19N3. The van der Waals surface area contributed by atoms with E-state index in [0.717, 1.165) is 12.1 Å². The number of allylic oxidation sites excluding steroid dienone is 1. The Balaban J connectivity index is 2.66. The van der Waals surface area contributed by atoms with Crippen LogP contribution in [0.4, 0.5) is 0 Å². The number of rotatable bonds is 2. The normalized spacial score (nSPS) is 30.8. The maximum absolute atomic E-state index is 6.01. The van der Waals surface area contributed by atoms with Crippen LogP contribution in [0.1, 0.15) is 13.3 Å². The second kappa shape index (κ2) is 4.44. The van der Waals surface area contributed by atoms with Crippen molar-refractivity contribution in [3.8, 4) is 0 Å². The molecule has 0 aromatic carbocycles. The molecule has 0 saturated carbocycles. The molecule has 3 nitrogen and oxygen atoms in total. The molecule has 0 spiro atoms. The highest BCUT2D eigenvalue weighted by atomic mass is 15.0. The SMILES string of the molecule is C=C1C=CC[C@@H](N)[C@@H](C(C)CN)N1. The summed E-state index contributed by atoms with van der Waals surface area (Å²) in [5.41, 5.74) is 12.6. The van der Waals surface area contributed by atoms with Crippen LogP contribution in [0.3, 0.4) is 0 Å². The van der Waals surface area contributed by atoms with E-state index in [9.17, 15) is 0 Å². The Hall–Kier alpha value is -0.800. The van der Waals surface area contributed by atoms with Crippen molar-refractivity contribution < 1.29 is 0 Å². The monoisotopic (exact) mass is 181 g/mol. The van der Waals surface area contributed by atoms with E-state index in [0.29, 0.717) is 12.5 Å². The average molecular weight is 181 g/mol. The van der Waals surface area contributed by atoms with E-state index in [1.54, 1.807) is 0 Å². The zero-order valence-corrected chi connectivity index (χ0v) is 8.16. The molecule has 1 heterocycles. The first kappa shape index (κ1) is 10.3. The molecule has 0 saturated heterocycles. The van der Waals surface area contributed by atoms with Crippen LogP contribution in [0.2, 0.25) is 0 Å². The van der Waals surface area contributed by atoms with Gasteiger partial charge >= 0.3 is 0 Å². The van der Waals surface area contributed by atoms with Crippen molar-refractivity contribution in [2.45, 2.75) is 25.4 Å². The van der Waals surface area contributed by atoms with E-state index in [4.69, 9.17) is 11.5 Å². The van der Waals surface area contributed by atoms with E-state index in [-0.39, 0.29) is 12.1 Å². The third-order valence-electron chi connectivity index (χ3n) is 2.53. The van der Waals surface area contributed by atoms with E-state index < -0.39 is 0 Å². The van der Waals surface area contributed by atoms with Gasteiger partial charge in [-0.25, -0.2) is 0 Å². The van der Waals surface area contributed by atoms with Crippen LogP contribution in [-0.4, -0.2) is 18.6 Å². The van der Waals surface area contributed by atoms with E-state index in [1.165, 1.54) is 0 Å². The molecular weight excluding hydrogens is 162 g/mol. The minimum atomic E-state index is 0.133. The highest BCUT2D eigenvalue weighted by molar-refractivity contribution is 5.17. The molecule has 0 aliphatic carbocycles. The van der Waals surface area contributed by atoms with Gasteiger partial charge in [-0.2, -0.15) is 0 Å². The van der Waals surface area contributed by atoms with Crippen LogP contribution < -0.4 is 16.8 Å². The lowest BCUT2D eigenvalue weighted by Gasteiger charge is -2.28. The third kappa shape index (κ3) is 2.57. The van der Waals surface area contributed by atoms with Crippen molar-refractivity contribution >= 4 is 0 Å². The molecule has 1 aliphatic rings. The quantitative estimate of drug-likeness (QED) is 0.575. The van der Waals surface area contributed by atoms with Crippen molar-refractivity contribution in [1.82, 2.24) is 5.32 Å². The Bertz CT molecular complexity index is 210. The van der Waals surface area contributed by atoms with Gasteiger partial charge in [-0.3, -0.25) is 0 Å². The van der Waals surface area contributed by atoms with Crippen LogP contribution in [0.5, 0.6) is 0 Å². The third-order valence-corrected chi connectivity index (χ3v) is 2.53. The Morgan fingerprint density at radius 1 is 1.77 bits per heavy atom. The summed E-state index contributed by atoms with van der Waals surface area (Å²) in [5, 5.41) is 3.29. The highest BCUT2D eigenvalue weighted by Gasteiger charge is 2.23. The summed E-state index contributed by atoms with van der Waals surface area (Å²) in [4.78, 5) is 0. The van der Waals surface area contributed by atoms with Crippen molar-refractivity contribution in [2.24, 2.45) is 17.4 Å². The first-order valence-corrected chi connectivity index (χ1v) is 4.72. The number of nitrogens with one attached hydrogen (secondary N) is 1. The summed E-state index contributed by atoms with van der Waals surface area (Å²) in [6.45, 7) is 6.64. The lowest BCUT2D eigenvalue weighted by molar-refractivity contribution is 0.357. The molecule has 1 rings (SSSR count). The van der Waals surface area contributed by atoms with E-state index >= 15 is 0 Å². The largest absolute Gasteiger partial charge is 0.381 e. The molecule has 1 unspecified atom stereocenters. The molecule has 0 radical (unpaired) electrons. The fourth-order valence-electron chi connectivity index (χ4n) is 1.59. The van der Waals surface area contributed by atoms with Crippen molar-refractivity contribution in [1.29, 1.82) is 0 Å². The van der Waals surface area contributed by atoms with Gasteiger partial charge in [-0.05, 0) is 25.0 Å². The van der Waals surface area contributed by atoms with Gasteiger partial charge in [0.2, 0.25) is 0 Å². The predicted molar refractivity (Wildman–Crippen MR) is 56.0 cm³/mol. The smallest absolute Gasteiger partial charge is 0.0452 e. The molecule has 5 N–H and O–H groups in total. The summed E-state index contributed by atoms with van der Waals surface area (Å²) in [5.74, 6) is 0.381. The minimum Gasteiger partial charge on any atom is -0.381 e. The van der Waals surface area contributed by atoms with Crippen LogP contribution in [0.25, 0.3) is 0 Å². The summed E-state index contributed by atoms with van der Waals surface area (Å²) >= 11 is 0. The maximum Gasteiger partial charge on any atom is 0.0452 e. The van der Waals surface area contributed by atoms with Gasteiger partial charge in [0.1, 0.15) is 0 Å². The number of hydrogen-bond donors (Lipinski definition) is 3. The Morgan fingerprint density at radius 2 is 2.46 bits per heavy atom. The van der Waals surface area contributed by atoms with Gasteiger partial charge in [0.25, 0.3) is 0 Å². The molecule has 0 fully saturated rings. The summed E-state index contributed by atoms with van der Waals surface area (Å²) in [6, 6.07) is 0.376. The first-order chi connectivity index (χ1) is 6.15. The molecule has 1 aliphatic heterocycles. The summed E-state index contributed by atoms with van der Waals surface area (Å²) in [6.07, 6.45) is 4.92. The molecule has 0 amide bonds. The molecule has 74 valence electrons. The zero-order valence-electron chi connectivity index (χ0n) is 8.16. The second-order valence-electron chi connectivity index (χ2n) is 3.71. The maximum atomic E-state index is 6.01. The standard InChI is InChI=1S/C10H19N3/c1-7(6-11)10-9(12)5-3-4-8(2)13-10/h3-4,7,9-10,13H,2,5-6,11-12H2,1H3/t7?,9-,10-/m1/s1. The molecule has 0 aromatic heterocycles. The van der Waals surface area contributed by atoms with E-state index in [1.807, 2.05) is 6.08 Å². The fourth-order valence-corrected chi connectivity index (χ4v) is 1.59. The van der Waals surface area contributed by atoms with Crippen molar-refractivity contribution in [3.05, 3.63) is 24.4 Å². The Labute approximate surface area is 79.9 Å². The zero-order chi connectivity index (χ0) is 9.84. The van der Waals surface area contributed by atoms with Crippen molar-refractivity contribution in [3.63, 3.8) is 0 Å². The van der Waals surface area contributed by atoms with Crippen LogP contribution in [0.15, 0.2) is 24.4 Å². The number of hydrogen-bond acceptors (Lipinski definition) is 3. The topological polar surface area (TPSA) is 64.1 Å². The minimum absolute atomic E-state index is 0.133. The van der Waals surface area contributed by atoms with Gasteiger partial charge in [0, 0.05) is 17.8 Å². The van der Waals surface area contributed by atoms with Gasteiger partial charge in [-0.15, -0.1) is 0 Å². The lowest BCUT2D eigenvalue weighted by atomic mass is 9.94. The molecule has 13 heavy (non-hydrogen) atoms. The van der Waals surface area contributed by atoms with Gasteiger partial charge < -0.3 is 16.8 Å². The Kier molecular flexibility index (Phi) is 3.51. The van der Waals surface area contributed by atoms with Crippen LogP contribution in [-0.2, 0) is 0 Å². The molecule has 3 atom stereocenters. The van der Waals surface area contributed by atoms with Crippen LogP contribution in [0, 0.1) is 5.92 Å². The fraction of sp³-hybridized carbons (Fsp3) is 0.600. The van der Waals surface area contributed by atoms with E-state index in [2.05, 4.69) is 24.9 Å². The first-order valence-electron chi connectivity index (χ1n) is 4.72. The molecule has 0 aromatic rings. The molecule has 3 heteroatoms. The lowest BCUT2D eigenvalue weighted by Crippen LogP contribution is -2.49. The highest BCUT2D eigenvalue weighted by Crippen LogP contribution is 2.13. The van der Waals surface area contributed by atoms with Gasteiger partial charge in [-0.1, -0.05) is 19.6 Å².